The highest BCUT2D eigenvalue weighted by Crippen LogP contribution is 2.28. The number of halogens is 1. The molecule has 0 N–H and O–H groups in total. The van der Waals surface area contributed by atoms with Crippen LogP contribution in [-0.4, -0.2) is 17.6 Å². The molecule has 2 heterocycles. The van der Waals surface area contributed by atoms with E-state index in [-0.39, 0.29) is 11.6 Å². The lowest BCUT2D eigenvalue weighted by atomic mass is 10.2. The van der Waals surface area contributed by atoms with Crippen LogP contribution in [0.5, 0.6) is 5.75 Å². The minimum atomic E-state index is -0.516. The van der Waals surface area contributed by atoms with Crippen LogP contribution in [0.1, 0.15) is 10.6 Å². The van der Waals surface area contributed by atoms with E-state index in [4.69, 9.17) is 9.15 Å². The molecule has 7 heteroatoms. The third-order valence-electron chi connectivity index (χ3n) is 4.09. The number of aromatic nitrogens is 1. The minimum absolute atomic E-state index is 0.114. The molecule has 4 aromatic rings. The summed E-state index contributed by atoms with van der Waals surface area (Å²) in [6.45, 7) is 4.19. The molecule has 0 spiro atoms. The van der Waals surface area contributed by atoms with Gasteiger partial charge in [-0.05, 0) is 30.3 Å². The Kier molecular flexibility index (Phi) is 4.37. The van der Waals surface area contributed by atoms with Crippen LogP contribution in [0.4, 0.5) is 4.39 Å². The average Bonchev–Trinajstić information content (AvgIpc) is 3.23. The Hall–Kier alpha value is -3.19. The van der Waals surface area contributed by atoms with E-state index in [2.05, 4.69) is 11.6 Å². The van der Waals surface area contributed by atoms with Gasteiger partial charge in [-0.3, -0.25) is 4.79 Å². The molecule has 0 fully saturated rings. The number of carbonyl (C=O) groups excluding carboxylic acids is 1. The third-order valence-corrected chi connectivity index (χ3v) is 5.13. The maximum Gasteiger partial charge on any atom is 0.315 e. The van der Waals surface area contributed by atoms with Crippen LogP contribution in [0, 0.1) is 5.82 Å². The molecule has 0 radical (unpaired) electrons. The molecular formula is C20H15FN2O3S. The number of ether oxygens (including phenoxy) is 1. The number of allylic oxidation sites excluding steroid dienone is 1. The minimum Gasteiger partial charge on any atom is -0.493 e. The molecule has 136 valence electrons. The fourth-order valence-corrected chi connectivity index (χ4v) is 3.94. The van der Waals surface area contributed by atoms with E-state index < -0.39 is 5.91 Å². The van der Waals surface area contributed by atoms with Gasteiger partial charge in [0.1, 0.15) is 5.82 Å². The molecular weight excluding hydrogens is 367 g/mol. The molecule has 0 unspecified atom stereocenters. The highest BCUT2D eigenvalue weighted by atomic mass is 32.1. The van der Waals surface area contributed by atoms with E-state index in [0.717, 1.165) is 10.9 Å². The highest BCUT2D eigenvalue weighted by molar-refractivity contribution is 7.16. The Morgan fingerprint density at radius 1 is 1.37 bits per heavy atom. The summed E-state index contributed by atoms with van der Waals surface area (Å²) in [6.07, 6.45) is 1.70. The summed E-state index contributed by atoms with van der Waals surface area (Å²) in [7, 11) is 1.54. The van der Waals surface area contributed by atoms with Crippen LogP contribution in [0.3, 0.4) is 0 Å². The zero-order valence-electron chi connectivity index (χ0n) is 14.4. The SMILES string of the molecule is C=CCn1c(=NC(=O)c2cc3cccc(OC)c3o2)sc2cc(F)ccc21. The Balaban J connectivity index is 1.84. The number of rotatable bonds is 4. The summed E-state index contributed by atoms with van der Waals surface area (Å²) in [5.74, 6) is -0.191. The molecule has 2 aromatic heterocycles. The van der Waals surface area contributed by atoms with Gasteiger partial charge in [-0.1, -0.05) is 29.5 Å². The van der Waals surface area contributed by atoms with Crippen LogP contribution >= 0.6 is 11.3 Å². The summed E-state index contributed by atoms with van der Waals surface area (Å²) in [5, 5.41) is 0.755. The Morgan fingerprint density at radius 3 is 3.00 bits per heavy atom. The van der Waals surface area contributed by atoms with Crippen molar-refractivity contribution in [2.24, 2.45) is 4.99 Å². The summed E-state index contributed by atoms with van der Waals surface area (Å²) < 4.78 is 27.0. The van der Waals surface area contributed by atoms with E-state index >= 15 is 0 Å². The van der Waals surface area contributed by atoms with Crippen molar-refractivity contribution in [3.63, 3.8) is 0 Å². The van der Waals surface area contributed by atoms with Gasteiger partial charge in [0.2, 0.25) is 0 Å². The number of hydrogen-bond donors (Lipinski definition) is 0. The molecule has 0 aliphatic carbocycles. The number of methoxy groups -OCH3 is 1. The zero-order valence-corrected chi connectivity index (χ0v) is 15.3. The van der Waals surface area contributed by atoms with E-state index in [1.807, 2.05) is 16.7 Å². The molecule has 27 heavy (non-hydrogen) atoms. The average molecular weight is 382 g/mol. The summed E-state index contributed by atoms with van der Waals surface area (Å²) in [4.78, 5) is 17.3. The molecule has 1 amide bonds. The first-order chi connectivity index (χ1) is 13.1. The molecule has 0 bridgehead atoms. The van der Waals surface area contributed by atoms with Crippen molar-refractivity contribution in [2.45, 2.75) is 6.54 Å². The number of hydrogen-bond acceptors (Lipinski definition) is 4. The van der Waals surface area contributed by atoms with Gasteiger partial charge in [-0.2, -0.15) is 4.99 Å². The number of thiazole rings is 1. The van der Waals surface area contributed by atoms with Crippen LogP contribution in [-0.2, 0) is 6.54 Å². The van der Waals surface area contributed by atoms with Crippen molar-refractivity contribution in [2.75, 3.05) is 7.11 Å². The van der Waals surface area contributed by atoms with Gasteiger partial charge >= 0.3 is 5.91 Å². The maximum atomic E-state index is 13.5. The Morgan fingerprint density at radius 2 is 2.22 bits per heavy atom. The number of nitrogens with zero attached hydrogens (tertiary/aromatic N) is 2. The molecule has 0 aliphatic rings. The number of amides is 1. The molecule has 0 atom stereocenters. The molecule has 0 saturated carbocycles. The zero-order chi connectivity index (χ0) is 19.0. The largest absolute Gasteiger partial charge is 0.493 e. The topological polar surface area (TPSA) is 56.7 Å². The second-order valence-electron chi connectivity index (χ2n) is 5.80. The number of para-hydroxylation sites is 1. The van der Waals surface area contributed by atoms with Crippen molar-refractivity contribution in [3.8, 4) is 5.75 Å². The Bertz CT molecular complexity index is 1250. The fraction of sp³-hybridized carbons (Fsp3) is 0.100. The third kappa shape index (κ3) is 3.06. The van der Waals surface area contributed by atoms with Crippen molar-refractivity contribution in [3.05, 3.63) is 71.5 Å². The standard InChI is InChI=1S/C20H15FN2O3S/c1-3-9-23-14-8-7-13(21)11-17(14)27-20(23)22-19(24)16-10-12-5-4-6-15(25-2)18(12)26-16/h3-8,10-11H,1,9H2,2H3. The normalized spacial score (nSPS) is 12.0. The van der Waals surface area contributed by atoms with Crippen molar-refractivity contribution in [1.29, 1.82) is 0 Å². The van der Waals surface area contributed by atoms with Gasteiger partial charge < -0.3 is 13.7 Å². The van der Waals surface area contributed by atoms with Crippen LogP contribution in [0.15, 0.2) is 64.5 Å². The van der Waals surface area contributed by atoms with Gasteiger partial charge in [-0.25, -0.2) is 4.39 Å². The molecule has 0 aliphatic heterocycles. The van der Waals surface area contributed by atoms with Crippen LogP contribution in [0.2, 0.25) is 0 Å². The summed E-state index contributed by atoms with van der Waals surface area (Å²) in [5.41, 5.74) is 1.29. The number of furan rings is 1. The highest BCUT2D eigenvalue weighted by Gasteiger charge is 2.15. The Labute approximate surface area is 157 Å². The van der Waals surface area contributed by atoms with E-state index in [9.17, 15) is 9.18 Å². The fourth-order valence-electron chi connectivity index (χ4n) is 2.88. The second-order valence-corrected chi connectivity index (χ2v) is 6.81. The van der Waals surface area contributed by atoms with Gasteiger partial charge in [0.15, 0.2) is 21.9 Å². The van der Waals surface area contributed by atoms with E-state index in [0.29, 0.717) is 27.4 Å². The first kappa shape index (κ1) is 17.2. The molecule has 4 rings (SSSR count). The lowest BCUT2D eigenvalue weighted by Gasteiger charge is -2.00. The first-order valence-electron chi connectivity index (χ1n) is 8.16. The lowest BCUT2D eigenvalue weighted by Crippen LogP contribution is -2.16. The quantitative estimate of drug-likeness (QED) is 0.488. The number of carbonyl (C=O) groups is 1. The summed E-state index contributed by atoms with van der Waals surface area (Å²) in [6, 6.07) is 11.5. The molecule has 0 saturated heterocycles. The monoisotopic (exact) mass is 382 g/mol. The van der Waals surface area contributed by atoms with Gasteiger partial charge in [0, 0.05) is 11.9 Å². The van der Waals surface area contributed by atoms with Crippen molar-refractivity contribution in [1.82, 2.24) is 4.57 Å². The first-order valence-corrected chi connectivity index (χ1v) is 8.98. The summed E-state index contributed by atoms with van der Waals surface area (Å²) >= 11 is 1.24. The number of benzene rings is 2. The van der Waals surface area contributed by atoms with Crippen LogP contribution < -0.4 is 9.54 Å². The van der Waals surface area contributed by atoms with Gasteiger partial charge in [0.05, 0.1) is 17.3 Å². The van der Waals surface area contributed by atoms with E-state index in [1.54, 1.807) is 24.3 Å². The van der Waals surface area contributed by atoms with Gasteiger partial charge in [-0.15, -0.1) is 6.58 Å². The van der Waals surface area contributed by atoms with Crippen molar-refractivity contribution < 1.29 is 18.3 Å². The lowest BCUT2D eigenvalue weighted by molar-refractivity contribution is 0.0973. The molecule has 5 nitrogen and oxygen atoms in total. The van der Waals surface area contributed by atoms with Gasteiger partial charge in [0.25, 0.3) is 0 Å². The van der Waals surface area contributed by atoms with Crippen molar-refractivity contribution >= 4 is 38.4 Å². The van der Waals surface area contributed by atoms with E-state index in [1.165, 1.54) is 30.6 Å². The predicted molar refractivity (Wildman–Crippen MR) is 103 cm³/mol. The molecule has 2 aromatic carbocycles. The second kappa shape index (κ2) is 6.85. The van der Waals surface area contributed by atoms with Crippen LogP contribution in [0.25, 0.3) is 21.2 Å². The maximum absolute atomic E-state index is 13.5. The smallest absolute Gasteiger partial charge is 0.315 e. The number of fused-ring (bicyclic) bond motifs is 2. The predicted octanol–water partition coefficient (Wildman–Crippen LogP) is 4.52.